The fourth-order valence-electron chi connectivity index (χ4n) is 8.71. The van der Waals surface area contributed by atoms with Gasteiger partial charge < -0.3 is 0 Å². The van der Waals surface area contributed by atoms with Crippen LogP contribution in [0.5, 0.6) is 0 Å². The van der Waals surface area contributed by atoms with Crippen LogP contribution in [0, 0.1) is 0 Å². The molecule has 377 valence electrons. The summed E-state index contributed by atoms with van der Waals surface area (Å²) in [6.07, 6.45) is 0. The van der Waals surface area contributed by atoms with E-state index in [4.69, 9.17) is 0 Å². The minimum Gasteiger partial charge on any atom is -0.0622 e. The van der Waals surface area contributed by atoms with Gasteiger partial charge in [-0.3, -0.25) is 0 Å². The summed E-state index contributed by atoms with van der Waals surface area (Å²) in [5, 5.41) is 16.8. The van der Waals surface area contributed by atoms with Crippen molar-refractivity contribution in [3.63, 3.8) is 0 Å². The van der Waals surface area contributed by atoms with Gasteiger partial charge in [-0.25, -0.2) is 0 Å². The molecule has 12 rings (SSSR count). The van der Waals surface area contributed by atoms with Crippen molar-refractivity contribution >= 4 is 95.3 Å². The van der Waals surface area contributed by atoms with Crippen LogP contribution < -0.4 is 63.7 Å². The molecule has 0 saturated carbocycles. The van der Waals surface area contributed by atoms with E-state index in [0.717, 1.165) is 0 Å². The summed E-state index contributed by atoms with van der Waals surface area (Å²) in [5.41, 5.74) is 0. The number of hydrogen-bond donors (Lipinski definition) is 0. The van der Waals surface area contributed by atoms with Crippen molar-refractivity contribution < 1.29 is 20.4 Å². The second kappa shape index (κ2) is 31.3. The van der Waals surface area contributed by atoms with Crippen LogP contribution in [0.4, 0.5) is 0 Å². The van der Waals surface area contributed by atoms with E-state index in [9.17, 15) is 0 Å². The standard InChI is InChI=1S/4C18H15P.Pd/c4*1-4-10-16(11-5-1)19(17-12-6-2-7-13-17)18-14-8-3-9-15-18;/h4*1-15H;/q;;;;+1. The predicted molar refractivity (Wildman–Crippen MR) is 341 cm³/mol. The smallest absolute Gasteiger partial charge is 0.0622 e. The van der Waals surface area contributed by atoms with Gasteiger partial charge in [0.05, 0.1) is 0 Å². The van der Waals surface area contributed by atoms with Crippen LogP contribution in [0.1, 0.15) is 0 Å². The average Bonchev–Trinajstić information content (AvgIpc) is 3.51. The number of hydrogen-bond acceptors (Lipinski definition) is 0. The molecule has 0 nitrogen and oxygen atoms in total. The van der Waals surface area contributed by atoms with Crippen LogP contribution in [0.15, 0.2) is 364 Å². The summed E-state index contributed by atoms with van der Waals surface area (Å²) in [6, 6.07) is 129. The van der Waals surface area contributed by atoms with Gasteiger partial charge in [0, 0.05) is 0 Å². The van der Waals surface area contributed by atoms with Crippen LogP contribution in [-0.2, 0) is 20.4 Å². The summed E-state index contributed by atoms with van der Waals surface area (Å²) in [7, 11) is -1.78. The van der Waals surface area contributed by atoms with Gasteiger partial charge in [-0.15, -0.1) is 0 Å². The van der Waals surface area contributed by atoms with Crippen molar-refractivity contribution in [1.82, 2.24) is 0 Å². The van der Waals surface area contributed by atoms with E-state index in [1.807, 2.05) is 0 Å². The van der Waals surface area contributed by atoms with E-state index in [0.29, 0.717) is 0 Å². The SMILES string of the molecule is [Pd+].c1ccc(P(c2ccccc2)c2ccccc2)cc1.c1ccc(P(c2ccccc2)c2ccccc2)cc1.c1ccc(P(c2ccccc2)c2ccccc2)cc1.c1ccc(P(c2ccccc2)c2ccccc2)cc1. The topological polar surface area (TPSA) is 0 Å². The Morgan fingerprint density at radius 3 is 0.234 bits per heavy atom. The van der Waals surface area contributed by atoms with Gasteiger partial charge in [0.15, 0.2) is 0 Å². The molecule has 0 aliphatic carbocycles. The quantitative estimate of drug-likeness (QED) is 0.0845. The molecule has 0 fully saturated rings. The van der Waals surface area contributed by atoms with Crippen LogP contribution in [-0.4, -0.2) is 0 Å². The zero-order valence-electron chi connectivity index (χ0n) is 42.7. The molecule has 0 saturated heterocycles. The van der Waals surface area contributed by atoms with Gasteiger partial charge in [-0.2, -0.15) is 0 Å². The molecule has 12 aromatic carbocycles. The van der Waals surface area contributed by atoms with Gasteiger partial charge in [-0.05, 0) is 95.3 Å². The first-order chi connectivity index (χ1) is 37.8. The van der Waals surface area contributed by atoms with Crippen LogP contribution in [0.25, 0.3) is 0 Å². The maximum absolute atomic E-state index is 2.23. The molecule has 1 radical (unpaired) electrons. The van der Waals surface area contributed by atoms with Crippen LogP contribution >= 0.6 is 31.7 Å². The second-order valence-corrected chi connectivity index (χ2v) is 26.2. The average molecular weight is 1160 g/mol. The Morgan fingerprint density at radius 1 is 0.104 bits per heavy atom. The molecular weight excluding hydrogens is 1100 g/mol. The minimum absolute atomic E-state index is 0. The fourth-order valence-corrected chi connectivity index (χ4v) is 17.9. The van der Waals surface area contributed by atoms with Crippen LogP contribution in [0.2, 0.25) is 0 Å². The molecule has 0 aliphatic heterocycles. The van der Waals surface area contributed by atoms with E-state index in [1.165, 1.54) is 63.7 Å². The number of rotatable bonds is 12. The van der Waals surface area contributed by atoms with E-state index in [2.05, 4.69) is 364 Å². The molecule has 0 amide bonds. The van der Waals surface area contributed by atoms with Gasteiger partial charge >= 0.3 is 20.4 Å². The van der Waals surface area contributed by atoms with E-state index in [-0.39, 0.29) is 20.4 Å². The van der Waals surface area contributed by atoms with Gasteiger partial charge in [0.2, 0.25) is 0 Å². The molecule has 12 aromatic rings. The monoisotopic (exact) mass is 1150 g/mol. The van der Waals surface area contributed by atoms with Crippen molar-refractivity contribution in [2.75, 3.05) is 0 Å². The molecular formula is C72H60P4Pd+. The minimum atomic E-state index is -0.446. The summed E-state index contributed by atoms with van der Waals surface area (Å²) in [4.78, 5) is 0. The number of benzene rings is 12. The molecule has 0 spiro atoms. The molecule has 0 aromatic heterocycles. The van der Waals surface area contributed by atoms with Crippen LogP contribution in [0.3, 0.4) is 0 Å². The Bertz CT molecular complexity index is 2580. The van der Waals surface area contributed by atoms with Crippen molar-refractivity contribution in [3.8, 4) is 0 Å². The van der Waals surface area contributed by atoms with Gasteiger partial charge in [0.1, 0.15) is 0 Å². The largest absolute Gasteiger partial charge is 1.00 e. The Kier molecular flexibility index (Phi) is 22.9. The first-order valence-corrected chi connectivity index (χ1v) is 31.0. The third-order valence-electron chi connectivity index (χ3n) is 12.2. The zero-order valence-corrected chi connectivity index (χ0v) is 47.9. The maximum atomic E-state index is 2.23. The zero-order chi connectivity index (χ0) is 51.7. The molecule has 0 atom stereocenters. The van der Waals surface area contributed by atoms with Crippen molar-refractivity contribution in [2.45, 2.75) is 0 Å². The summed E-state index contributed by atoms with van der Waals surface area (Å²) in [5.74, 6) is 0. The first kappa shape index (κ1) is 56.2. The van der Waals surface area contributed by atoms with Crippen molar-refractivity contribution in [2.24, 2.45) is 0 Å². The Hall–Kier alpha value is -6.98. The second-order valence-electron chi connectivity index (χ2n) is 17.4. The van der Waals surface area contributed by atoms with Gasteiger partial charge in [0.25, 0.3) is 0 Å². The van der Waals surface area contributed by atoms with E-state index < -0.39 is 31.7 Å². The summed E-state index contributed by atoms with van der Waals surface area (Å²) >= 11 is 0. The van der Waals surface area contributed by atoms with Gasteiger partial charge in [-0.1, -0.05) is 364 Å². The Morgan fingerprint density at radius 2 is 0.169 bits per heavy atom. The predicted octanol–water partition coefficient (Wildman–Crippen LogP) is 13.8. The summed E-state index contributed by atoms with van der Waals surface area (Å²) in [6.45, 7) is 0. The third-order valence-corrected chi connectivity index (χ3v) is 21.9. The van der Waals surface area contributed by atoms with Crippen molar-refractivity contribution in [3.05, 3.63) is 364 Å². The maximum Gasteiger partial charge on any atom is 1.00 e. The van der Waals surface area contributed by atoms with E-state index >= 15 is 0 Å². The first-order valence-electron chi connectivity index (χ1n) is 25.6. The third kappa shape index (κ3) is 16.5. The molecule has 0 heterocycles. The molecule has 5 heteroatoms. The van der Waals surface area contributed by atoms with E-state index in [1.54, 1.807) is 0 Å². The normalized spacial score (nSPS) is 10.4. The fraction of sp³-hybridized carbons (Fsp3) is 0. The Labute approximate surface area is 476 Å². The molecule has 0 unspecified atom stereocenters. The molecule has 0 bridgehead atoms. The molecule has 0 aliphatic rings. The van der Waals surface area contributed by atoms with Crippen molar-refractivity contribution in [1.29, 1.82) is 0 Å². The molecule has 77 heavy (non-hydrogen) atoms. The Balaban J connectivity index is 0.000000135. The molecule has 0 N–H and O–H groups in total. The summed E-state index contributed by atoms with van der Waals surface area (Å²) < 4.78 is 0.